The zero-order chi connectivity index (χ0) is 19.8. The van der Waals surface area contributed by atoms with Crippen LogP contribution in [0, 0.1) is 0 Å². The van der Waals surface area contributed by atoms with Crippen LogP contribution in [0.2, 0.25) is 0 Å². The Balaban J connectivity index is 1.57. The molecule has 1 saturated carbocycles. The molecule has 28 heavy (non-hydrogen) atoms. The summed E-state index contributed by atoms with van der Waals surface area (Å²) in [5.41, 5.74) is 0.370. The maximum absolute atomic E-state index is 13.0. The molecule has 0 radical (unpaired) electrons. The van der Waals surface area contributed by atoms with E-state index in [2.05, 4.69) is 0 Å². The van der Waals surface area contributed by atoms with Crippen molar-refractivity contribution in [3.05, 3.63) is 48.4 Å². The zero-order valence-electron chi connectivity index (χ0n) is 15.2. The highest BCUT2D eigenvalue weighted by atomic mass is 16.5. The molecule has 1 saturated heterocycles. The number of esters is 1. The summed E-state index contributed by atoms with van der Waals surface area (Å²) in [5, 5.41) is 0. The van der Waals surface area contributed by atoms with Gasteiger partial charge in [-0.2, -0.15) is 0 Å². The van der Waals surface area contributed by atoms with Gasteiger partial charge in [0.1, 0.15) is 11.8 Å². The fourth-order valence-electron chi connectivity index (χ4n) is 3.38. The molecule has 8 heteroatoms. The summed E-state index contributed by atoms with van der Waals surface area (Å²) < 4.78 is 10.2. The van der Waals surface area contributed by atoms with E-state index in [0.717, 1.165) is 17.7 Å². The lowest BCUT2D eigenvalue weighted by atomic mass is 10.2. The van der Waals surface area contributed by atoms with E-state index in [4.69, 9.17) is 9.15 Å². The van der Waals surface area contributed by atoms with E-state index in [0.29, 0.717) is 11.4 Å². The summed E-state index contributed by atoms with van der Waals surface area (Å²) in [4.78, 5) is 52.0. The minimum Gasteiger partial charge on any atom is -0.459 e. The number of carbonyl (C=O) groups is 4. The van der Waals surface area contributed by atoms with Crippen molar-refractivity contribution in [2.24, 2.45) is 0 Å². The molecule has 1 unspecified atom stereocenters. The minimum absolute atomic E-state index is 0.0642. The smallest absolute Gasteiger partial charge is 0.308 e. The van der Waals surface area contributed by atoms with Gasteiger partial charge in [0, 0.05) is 13.0 Å². The van der Waals surface area contributed by atoms with Crippen molar-refractivity contribution in [1.82, 2.24) is 4.90 Å². The number of nitrogens with zero attached hydrogens (tertiary/aromatic N) is 2. The van der Waals surface area contributed by atoms with Crippen LogP contribution in [0.25, 0.3) is 0 Å². The maximum atomic E-state index is 13.0. The normalized spacial score (nSPS) is 19.0. The third-order valence-corrected chi connectivity index (χ3v) is 4.72. The summed E-state index contributed by atoms with van der Waals surface area (Å²) in [6, 6.07) is 8.32. The number of benzene rings is 1. The molecule has 1 aliphatic heterocycles. The third kappa shape index (κ3) is 3.28. The van der Waals surface area contributed by atoms with Crippen molar-refractivity contribution >= 4 is 29.4 Å². The molecule has 4 rings (SSSR count). The van der Waals surface area contributed by atoms with Gasteiger partial charge in [-0.05, 0) is 49.2 Å². The predicted octanol–water partition coefficient (Wildman–Crippen LogP) is 2.14. The van der Waals surface area contributed by atoms with Crippen molar-refractivity contribution in [2.75, 3.05) is 4.90 Å². The lowest BCUT2D eigenvalue weighted by molar-refractivity contribution is -0.132. The largest absolute Gasteiger partial charge is 0.459 e. The molecule has 0 N–H and O–H groups in total. The average molecular weight is 382 g/mol. The first-order valence-electron chi connectivity index (χ1n) is 8.97. The van der Waals surface area contributed by atoms with E-state index < -0.39 is 17.9 Å². The standard InChI is InChI=1S/C20H18N2O6/c1-12(23)28-15-8-6-14(7-9-15)22-18(24)11-16(19(22)25)21(13-4-5-13)20(26)17-3-2-10-27-17/h2-3,6-10,13,16H,4-5,11H2,1H3. The number of imide groups is 1. The highest BCUT2D eigenvalue weighted by molar-refractivity contribution is 6.23. The Labute approximate surface area is 160 Å². The number of rotatable bonds is 5. The number of amides is 3. The van der Waals surface area contributed by atoms with Crippen LogP contribution in [0.1, 0.15) is 36.7 Å². The van der Waals surface area contributed by atoms with Gasteiger partial charge < -0.3 is 14.1 Å². The molecule has 2 aliphatic rings. The van der Waals surface area contributed by atoms with Gasteiger partial charge in [0.25, 0.3) is 11.8 Å². The van der Waals surface area contributed by atoms with Crippen molar-refractivity contribution in [1.29, 1.82) is 0 Å². The van der Waals surface area contributed by atoms with Crippen LogP contribution in [0.3, 0.4) is 0 Å². The summed E-state index contributed by atoms with van der Waals surface area (Å²) in [6.45, 7) is 1.29. The highest BCUT2D eigenvalue weighted by Gasteiger charge is 2.49. The van der Waals surface area contributed by atoms with Gasteiger partial charge in [0.05, 0.1) is 18.4 Å². The Bertz CT molecular complexity index is 930. The molecule has 1 atom stereocenters. The lowest BCUT2D eigenvalue weighted by Crippen LogP contribution is -2.46. The zero-order valence-corrected chi connectivity index (χ0v) is 15.2. The lowest BCUT2D eigenvalue weighted by Gasteiger charge is -2.26. The number of ether oxygens (including phenoxy) is 1. The van der Waals surface area contributed by atoms with E-state index in [1.54, 1.807) is 12.1 Å². The van der Waals surface area contributed by atoms with Crippen LogP contribution in [0.5, 0.6) is 5.75 Å². The van der Waals surface area contributed by atoms with Gasteiger partial charge in [-0.1, -0.05) is 0 Å². The monoisotopic (exact) mass is 382 g/mol. The van der Waals surface area contributed by atoms with E-state index in [1.165, 1.54) is 42.4 Å². The van der Waals surface area contributed by atoms with Crippen LogP contribution in [-0.4, -0.2) is 40.7 Å². The molecular weight excluding hydrogens is 364 g/mol. The maximum Gasteiger partial charge on any atom is 0.308 e. The molecule has 8 nitrogen and oxygen atoms in total. The molecule has 3 amide bonds. The fourth-order valence-corrected chi connectivity index (χ4v) is 3.38. The van der Waals surface area contributed by atoms with Crippen LogP contribution in [-0.2, 0) is 14.4 Å². The Hall–Kier alpha value is -3.42. The first-order valence-corrected chi connectivity index (χ1v) is 8.97. The number of hydrogen-bond acceptors (Lipinski definition) is 6. The minimum atomic E-state index is -0.856. The molecule has 2 aromatic rings. The summed E-state index contributed by atoms with van der Waals surface area (Å²) in [7, 11) is 0. The summed E-state index contributed by atoms with van der Waals surface area (Å²) in [6.07, 6.45) is 2.91. The molecule has 1 aliphatic carbocycles. The molecule has 0 spiro atoms. The Kier molecular flexibility index (Phi) is 4.46. The summed E-state index contributed by atoms with van der Waals surface area (Å²) >= 11 is 0. The second-order valence-electron chi connectivity index (χ2n) is 6.80. The molecule has 1 aromatic heterocycles. The van der Waals surface area contributed by atoms with E-state index in [9.17, 15) is 19.2 Å². The van der Waals surface area contributed by atoms with E-state index in [1.807, 2.05) is 0 Å². The van der Waals surface area contributed by atoms with Gasteiger partial charge in [-0.3, -0.25) is 19.2 Å². The van der Waals surface area contributed by atoms with E-state index in [-0.39, 0.29) is 30.0 Å². The topological polar surface area (TPSA) is 97.1 Å². The average Bonchev–Trinajstić information content (AvgIpc) is 3.24. The van der Waals surface area contributed by atoms with Crippen molar-refractivity contribution in [3.63, 3.8) is 0 Å². The first-order chi connectivity index (χ1) is 13.5. The third-order valence-electron chi connectivity index (χ3n) is 4.72. The number of furan rings is 1. The van der Waals surface area contributed by atoms with E-state index >= 15 is 0 Å². The van der Waals surface area contributed by atoms with Gasteiger partial charge >= 0.3 is 5.97 Å². The van der Waals surface area contributed by atoms with Crippen molar-refractivity contribution in [3.8, 4) is 5.75 Å². The Morgan fingerprint density at radius 1 is 1.14 bits per heavy atom. The van der Waals surface area contributed by atoms with Crippen LogP contribution < -0.4 is 9.64 Å². The van der Waals surface area contributed by atoms with Gasteiger partial charge in [-0.15, -0.1) is 0 Å². The van der Waals surface area contributed by atoms with Crippen molar-refractivity contribution in [2.45, 2.75) is 38.3 Å². The Morgan fingerprint density at radius 2 is 1.86 bits per heavy atom. The molecular formula is C20H18N2O6. The molecule has 2 heterocycles. The summed E-state index contributed by atoms with van der Waals surface area (Å²) in [5.74, 6) is -1.20. The van der Waals surface area contributed by atoms with Crippen LogP contribution in [0.4, 0.5) is 5.69 Å². The number of hydrogen-bond donors (Lipinski definition) is 0. The fraction of sp³-hybridized carbons (Fsp3) is 0.300. The van der Waals surface area contributed by atoms with Gasteiger partial charge in [0.2, 0.25) is 5.91 Å². The highest BCUT2D eigenvalue weighted by Crippen LogP contribution is 2.35. The van der Waals surface area contributed by atoms with Gasteiger partial charge in [-0.25, -0.2) is 4.90 Å². The van der Waals surface area contributed by atoms with Crippen LogP contribution in [0.15, 0.2) is 47.1 Å². The second-order valence-corrected chi connectivity index (χ2v) is 6.80. The molecule has 144 valence electrons. The second kappa shape index (κ2) is 6.95. The van der Waals surface area contributed by atoms with Gasteiger partial charge in [0.15, 0.2) is 5.76 Å². The molecule has 2 fully saturated rings. The number of carbonyl (C=O) groups excluding carboxylic acids is 4. The predicted molar refractivity (Wildman–Crippen MR) is 96.5 cm³/mol. The van der Waals surface area contributed by atoms with Crippen LogP contribution >= 0.6 is 0 Å². The Morgan fingerprint density at radius 3 is 2.43 bits per heavy atom. The molecule has 0 bridgehead atoms. The molecule has 1 aromatic carbocycles. The first kappa shape index (κ1) is 18.0. The SMILES string of the molecule is CC(=O)Oc1ccc(N2C(=O)CC(N(C(=O)c3ccco3)C3CC3)C2=O)cc1. The van der Waals surface area contributed by atoms with Crippen molar-refractivity contribution < 1.29 is 28.3 Å². The number of anilines is 1. The quantitative estimate of drug-likeness (QED) is 0.446.